The fraction of sp³-hybridized carbons (Fsp3) is 0.652. The van der Waals surface area contributed by atoms with Gasteiger partial charge in [-0.3, -0.25) is 9.69 Å². The van der Waals surface area contributed by atoms with Gasteiger partial charge in [0.15, 0.2) is 6.10 Å². The average molecular weight is 451 g/mol. The maximum Gasteiger partial charge on any atom is 0.347 e. The maximum atomic E-state index is 12.4. The molecular weight excluding hydrogens is 412 g/mol. The molecule has 1 saturated heterocycles. The van der Waals surface area contributed by atoms with E-state index < -0.39 is 6.10 Å². The van der Waals surface area contributed by atoms with Crippen LogP contribution in [0, 0.1) is 0 Å². The zero-order valence-electron chi connectivity index (χ0n) is 19.4. The molecule has 1 aliphatic rings. The molecule has 2 rings (SSSR count). The number of esters is 2. The van der Waals surface area contributed by atoms with E-state index in [2.05, 4.69) is 20.9 Å². The molecule has 9 heteroatoms. The SMILES string of the molecule is CCOC(=O)C(CC)Oc1ccc(COC(=O)CN2CCNCCNCCNCC2)cc1. The molecule has 0 amide bonds. The Morgan fingerprint density at radius 1 is 0.906 bits per heavy atom. The first-order chi connectivity index (χ1) is 15.6. The summed E-state index contributed by atoms with van der Waals surface area (Å²) in [5, 5.41) is 10.1. The third-order valence-electron chi connectivity index (χ3n) is 5.04. The minimum absolute atomic E-state index is 0.199. The van der Waals surface area contributed by atoms with Crippen LogP contribution in [0.3, 0.4) is 0 Å². The Kier molecular flexibility index (Phi) is 12.7. The summed E-state index contributed by atoms with van der Waals surface area (Å²) in [5.74, 6) is -0.0289. The predicted octanol–water partition coefficient (Wildman–Crippen LogP) is 0.535. The van der Waals surface area contributed by atoms with E-state index >= 15 is 0 Å². The van der Waals surface area contributed by atoms with E-state index in [0.29, 0.717) is 18.8 Å². The number of ether oxygens (including phenoxy) is 3. The van der Waals surface area contributed by atoms with E-state index in [1.165, 1.54) is 0 Å². The second-order valence-corrected chi connectivity index (χ2v) is 7.60. The normalized spacial score (nSPS) is 17.4. The topological polar surface area (TPSA) is 101 Å². The van der Waals surface area contributed by atoms with Crippen LogP contribution in [0.25, 0.3) is 0 Å². The summed E-state index contributed by atoms with van der Waals surface area (Å²) in [6, 6.07) is 7.21. The highest BCUT2D eigenvalue weighted by atomic mass is 16.6. The Morgan fingerprint density at radius 2 is 1.50 bits per heavy atom. The van der Waals surface area contributed by atoms with Gasteiger partial charge in [-0.05, 0) is 31.0 Å². The lowest BCUT2D eigenvalue weighted by Gasteiger charge is -2.22. The largest absolute Gasteiger partial charge is 0.479 e. The number of hydrogen-bond acceptors (Lipinski definition) is 9. The van der Waals surface area contributed by atoms with Crippen molar-refractivity contribution in [3.05, 3.63) is 29.8 Å². The van der Waals surface area contributed by atoms with Gasteiger partial charge in [-0.1, -0.05) is 19.1 Å². The number of carbonyl (C=O) groups is 2. The number of hydrogen-bond donors (Lipinski definition) is 3. The number of benzene rings is 1. The second-order valence-electron chi connectivity index (χ2n) is 7.60. The number of carbonyl (C=O) groups excluding carboxylic acids is 2. The standard InChI is InChI=1S/C23H38N4O5/c1-3-21(23(29)30-4-2)32-20-7-5-19(6-8-20)18-31-22(28)17-27-15-13-25-11-9-24-10-12-26-14-16-27/h5-8,21,24-26H,3-4,9-18H2,1-2H3. The summed E-state index contributed by atoms with van der Waals surface area (Å²) >= 11 is 0. The molecule has 1 aromatic rings. The fourth-order valence-corrected chi connectivity index (χ4v) is 3.23. The van der Waals surface area contributed by atoms with E-state index in [-0.39, 0.29) is 25.1 Å². The van der Waals surface area contributed by atoms with Gasteiger partial charge in [-0.25, -0.2) is 4.79 Å². The molecule has 1 atom stereocenters. The van der Waals surface area contributed by atoms with Crippen molar-refractivity contribution in [2.75, 3.05) is 65.5 Å². The first-order valence-corrected chi connectivity index (χ1v) is 11.5. The van der Waals surface area contributed by atoms with Crippen molar-refractivity contribution in [1.29, 1.82) is 0 Å². The molecule has 0 bridgehead atoms. The summed E-state index contributed by atoms with van der Waals surface area (Å²) in [7, 11) is 0. The average Bonchev–Trinajstić information content (AvgIpc) is 2.78. The van der Waals surface area contributed by atoms with Gasteiger partial charge in [-0.2, -0.15) is 0 Å². The monoisotopic (exact) mass is 450 g/mol. The van der Waals surface area contributed by atoms with Gasteiger partial charge in [0.2, 0.25) is 0 Å². The van der Waals surface area contributed by atoms with Crippen LogP contribution < -0.4 is 20.7 Å². The van der Waals surface area contributed by atoms with Crippen LogP contribution in [-0.4, -0.2) is 88.5 Å². The molecule has 3 N–H and O–H groups in total. The summed E-state index contributed by atoms with van der Waals surface area (Å²) < 4.78 is 16.2. The molecule has 1 heterocycles. The van der Waals surface area contributed by atoms with Gasteiger partial charge in [0.05, 0.1) is 13.2 Å². The van der Waals surface area contributed by atoms with Crippen LogP contribution in [0.4, 0.5) is 0 Å². The lowest BCUT2D eigenvalue weighted by molar-refractivity contribution is -0.151. The predicted molar refractivity (Wildman–Crippen MR) is 123 cm³/mol. The van der Waals surface area contributed by atoms with Crippen molar-refractivity contribution in [2.24, 2.45) is 0 Å². The van der Waals surface area contributed by atoms with Gasteiger partial charge in [0.25, 0.3) is 0 Å². The Hall–Kier alpha value is -2.20. The minimum Gasteiger partial charge on any atom is -0.479 e. The van der Waals surface area contributed by atoms with Crippen LogP contribution in [0.1, 0.15) is 25.8 Å². The van der Waals surface area contributed by atoms with Gasteiger partial charge in [-0.15, -0.1) is 0 Å². The molecule has 1 fully saturated rings. The van der Waals surface area contributed by atoms with Crippen molar-refractivity contribution in [3.63, 3.8) is 0 Å². The molecule has 1 aliphatic heterocycles. The van der Waals surface area contributed by atoms with Gasteiger partial charge >= 0.3 is 11.9 Å². The summed E-state index contributed by atoms with van der Waals surface area (Å²) in [4.78, 5) is 26.3. The van der Waals surface area contributed by atoms with Gasteiger partial charge < -0.3 is 30.2 Å². The Balaban J connectivity index is 1.76. The lowest BCUT2D eigenvalue weighted by Crippen LogP contribution is -2.43. The summed E-state index contributed by atoms with van der Waals surface area (Å²) in [6.07, 6.45) is -0.102. The van der Waals surface area contributed by atoms with Crippen LogP contribution in [0.5, 0.6) is 5.75 Å². The van der Waals surface area contributed by atoms with E-state index in [0.717, 1.165) is 57.9 Å². The van der Waals surface area contributed by atoms with Crippen molar-refractivity contribution in [1.82, 2.24) is 20.9 Å². The Morgan fingerprint density at radius 3 is 2.06 bits per heavy atom. The molecule has 1 unspecified atom stereocenters. The molecule has 32 heavy (non-hydrogen) atoms. The minimum atomic E-state index is -0.626. The fourth-order valence-electron chi connectivity index (χ4n) is 3.23. The second kappa shape index (κ2) is 15.6. The highest BCUT2D eigenvalue weighted by Gasteiger charge is 2.19. The van der Waals surface area contributed by atoms with E-state index in [1.54, 1.807) is 19.1 Å². The van der Waals surface area contributed by atoms with E-state index in [1.807, 2.05) is 19.1 Å². The third-order valence-corrected chi connectivity index (χ3v) is 5.04. The zero-order chi connectivity index (χ0) is 23.0. The Labute approximate surface area is 191 Å². The van der Waals surface area contributed by atoms with Crippen molar-refractivity contribution in [3.8, 4) is 5.75 Å². The molecule has 1 aromatic carbocycles. The zero-order valence-corrected chi connectivity index (χ0v) is 19.4. The number of nitrogens with zero attached hydrogens (tertiary/aromatic N) is 1. The highest BCUT2D eigenvalue weighted by Crippen LogP contribution is 2.16. The van der Waals surface area contributed by atoms with Crippen molar-refractivity contribution in [2.45, 2.75) is 33.0 Å². The number of rotatable bonds is 9. The van der Waals surface area contributed by atoms with Crippen molar-refractivity contribution < 1.29 is 23.8 Å². The van der Waals surface area contributed by atoms with Crippen LogP contribution in [-0.2, 0) is 25.7 Å². The van der Waals surface area contributed by atoms with Crippen molar-refractivity contribution >= 4 is 11.9 Å². The molecular formula is C23H38N4O5. The lowest BCUT2D eigenvalue weighted by atomic mass is 10.2. The molecule has 0 radical (unpaired) electrons. The molecule has 0 aromatic heterocycles. The first-order valence-electron chi connectivity index (χ1n) is 11.5. The highest BCUT2D eigenvalue weighted by molar-refractivity contribution is 5.75. The molecule has 0 aliphatic carbocycles. The smallest absolute Gasteiger partial charge is 0.347 e. The molecule has 9 nitrogen and oxygen atoms in total. The molecule has 0 saturated carbocycles. The summed E-state index contributed by atoms with van der Waals surface area (Å²) in [6.45, 7) is 11.4. The van der Waals surface area contributed by atoms with E-state index in [4.69, 9.17) is 14.2 Å². The maximum absolute atomic E-state index is 12.4. The molecule has 0 spiro atoms. The van der Waals surface area contributed by atoms with Crippen LogP contribution >= 0.6 is 0 Å². The van der Waals surface area contributed by atoms with Gasteiger partial charge in [0, 0.05) is 52.4 Å². The summed E-state index contributed by atoms with van der Waals surface area (Å²) in [5.41, 5.74) is 0.861. The van der Waals surface area contributed by atoms with Crippen LogP contribution in [0.15, 0.2) is 24.3 Å². The van der Waals surface area contributed by atoms with Crippen LogP contribution in [0.2, 0.25) is 0 Å². The quantitative estimate of drug-likeness (QED) is 0.465. The van der Waals surface area contributed by atoms with Gasteiger partial charge in [0.1, 0.15) is 12.4 Å². The molecule has 180 valence electrons. The first kappa shape index (κ1) is 26.1. The van der Waals surface area contributed by atoms with E-state index in [9.17, 15) is 9.59 Å². The number of nitrogens with one attached hydrogen (secondary N) is 3. The third kappa shape index (κ3) is 10.4. The Bertz CT molecular complexity index is 659.